The van der Waals surface area contributed by atoms with Crippen LogP contribution in [0.2, 0.25) is 0 Å². The van der Waals surface area contributed by atoms with E-state index in [2.05, 4.69) is 30.6 Å². The van der Waals surface area contributed by atoms with E-state index in [1.54, 1.807) is 66.5 Å². The van der Waals surface area contributed by atoms with Crippen molar-refractivity contribution >= 4 is 40.3 Å². The van der Waals surface area contributed by atoms with E-state index in [9.17, 15) is 14.7 Å². The van der Waals surface area contributed by atoms with Crippen LogP contribution in [0.15, 0.2) is 65.9 Å². The number of aromatic nitrogens is 5. The minimum atomic E-state index is -0.283. The largest absolute Gasteiger partial charge is 0.494 e. The van der Waals surface area contributed by atoms with Crippen LogP contribution < -0.4 is 5.32 Å². The standard InChI is InChI=1S/C25H21N7O3/c1-14-9-22(31-30-14)26-12-20-19-10-16(5-8-21(19)29-25(20)35)23(33)15-3-6-18(7-4-15)28-24(34)17-11-27-32(2)13-17/h3-13,29,35H,1-2H3,(H,28,34)(H,30,31). The van der Waals surface area contributed by atoms with Crippen LogP contribution >= 0.6 is 0 Å². The number of aliphatic imine (C=N–C) groups is 1. The number of carbonyl (C=O) groups is 2. The molecule has 174 valence electrons. The van der Waals surface area contributed by atoms with Gasteiger partial charge in [0.2, 0.25) is 0 Å². The molecule has 1 amide bonds. The molecule has 0 unspecified atom stereocenters. The number of aryl methyl sites for hydroxylation is 2. The van der Waals surface area contributed by atoms with Crippen LogP contribution in [-0.2, 0) is 7.05 Å². The average Bonchev–Trinajstić information content (AvgIpc) is 3.55. The molecule has 0 fully saturated rings. The molecule has 0 saturated carbocycles. The monoisotopic (exact) mass is 467 g/mol. The SMILES string of the molecule is Cc1cc(N=Cc2c(O)[nH]c3ccc(C(=O)c4ccc(NC(=O)c5cnn(C)c5)cc4)cc23)n[nH]1. The van der Waals surface area contributed by atoms with E-state index in [0.717, 1.165) is 5.69 Å². The number of anilines is 1. The Hall–Kier alpha value is -4.99. The van der Waals surface area contributed by atoms with Crippen LogP contribution in [0, 0.1) is 6.92 Å². The van der Waals surface area contributed by atoms with Crippen LogP contribution in [0.3, 0.4) is 0 Å². The number of nitrogens with zero attached hydrogens (tertiary/aromatic N) is 4. The Morgan fingerprint density at radius 3 is 2.54 bits per heavy atom. The maximum Gasteiger partial charge on any atom is 0.258 e. The van der Waals surface area contributed by atoms with Crippen molar-refractivity contribution in [2.45, 2.75) is 6.92 Å². The van der Waals surface area contributed by atoms with Gasteiger partial charge in [0.1, 0.15) is 0 Å². The summed E-state index contributed by atoms with van der Waals surface area (Å²) in [6, 6.07) is 13.6. The van der Waals surface area contributed by atoms with Gasteiger partial charge in [-0.3, -0.25) is 19.4 Å². The molecule has 10 heteroatoms. The summed E-state index contributed by atoms with van der Waals surface area (Å²) < 4.78 is 1.55. The molecule has 2 aromatic carbocycles. The molecule has 0 saturated heterocycles. The van der Waals surface area contributed by atoms with Gasteiger partial charge < -0.3 is 15.4 Å². The molecule has 35 heavy (non-hydrogen) atoms. The number of H-pyrrole nitrogens is 2. The maximum atomic E-state index is 13.1. The smallest absolute Gasteiger partial charge is 0.258 e. The number of benzene rings is 2. The fourth-order valence-electron chi connectivity index (χ4n) is 3.68. The van der Waals surface area contributed by atoms with E-state index < -0.39 is 0 Å². The van der Waals surface area contributed by atoms with Gasteiger partial charge in [0, 0.05) is 58.9 Å². The van der Waals surface area contributed by atoms with Crippen LogP contribution in [0.5, 0.6) is 5.88 Å². The lowest BCUT2D eigenvalue weighted by atomic mass is 10.0. The second-order valence-electron chi connectivity index (χ2n) is 8.08. The third kappa shape index (κ3) is 4.44. The number of aromatic hydroxyl groups is 1. The van der Waals surface area contributed by atoms with E-state index >= 15 is 0 Å². The Kier molecular flexibility index (Phi) is 5.46. The zero-order chi connectivity index (χ0) is 24.5. The van der Waals surface area contributed by atoms with E-state index in [4.69, 9.17) is 0 Å². The first-order chi connectivity index (χ1) is 16.9. The van der Waals surface area contributed by atoms with Gasteiger partial charge in [-0.15, -0.1) is 0 Å². The molecular formula is C25H21N7O3. The molecule has 5 aromatic rings. The zero-order valence-electron chi connectivity index (χ0n) is 18.9. The van der Waals surface area contributed by atoms with Gasteiger partial charge in [0.15, 0.2) is 17.5 Å². The first-order valence-electron chi connectivity index (χ1n) is 10.7. The van der Waals surface area contributed by atoms with Crippen molar-refractivity contribution in [2.75, 3.05) is 5.32 Å². The molecule has 10 nitrogen and oxygen atoms in total. The lowest BCUT2D eigenvalue weighted by Gasteiger charge is -2.06. The summed E-state index contributed by atoms with van der Waals surface area (Å²) in [7, 11) is 1.74. The summed E-state index contributed by atoms with van der Waals surface area (Å²) >= 11 is 0. The summed E-state index contributed by atoms with van der Waals surface area (Å²) in [5.41, 5.74) is 3.93. The van der Waals surface area contributed by atoms with Crippen molar-refractivity contribution in [2.24, 2.45) is 12.0 Å². The van der Waals surface area contributed by atoms with Crippen molar-refractivity contribution < 1.29 is 14.7 Å². The van der Waals surface area contributed by atoms with Gasteiger partial charge in [-0.25, -0.2) is 4.99 Å². The summed E-state index contributed by atoms with van der Waals surface area (Å²) in [6.07, 6.45) is 4.62. The van der Waals surface area contributed by atoms with Crippen LogP contribution in [0.4, 0.5) is 11.5 Å². The van der Waals surface area contributed by atoms with E-state index in [1.165, 1.54) is 12.4 Å². The van der Waals surface area contributed by atoms with Gasteiger partial charge in [0.05, 0.1) is 17.3 Å². The number of hydrogen-bond acceptors (Lipinski definition) is 6. The molecule has 3 heterocycles. The maximum absolute atomic E-state index is 13.1. The molecule has 0 aliphatic carbocycles. The third-order valence-electron chi connectivity index (χ3n) is 5.47. The number of aromatic amines is 2. The second kappa shape index (κ2) is 8.75. The highest BCUT2D eigenvalue weighted by molar-refractivity contribution is 6.12. The Bertz CT molecular complexity index is 1590. The predicted molar refractivity (Wildman–Crippen MR) is 132 cm³/mol. The van der Waals surface area contributed by atoms with Gasteiger partial charge in [-0.1, -0.05) is 0 Å². The topological polar surface area (TPSA) is 141 Å². The lowest BCUT2D eigenvalue weighted by molar-refractivity contribution is 0.102. The third-order valence-corrected chi connectivity index (χ3v) is 5.47. The molecule has 0 aliphatic heterocycles. The molecular weight excluding hydrogens is 446 g/mol. The number of carbonyl (C=O) groups excluding carboxylic acids is 2. The summed E-state index contributed by atoms with van der Waals surface area (Å²) in [5, 5.41) is 24.6. The Labute approximate surface area is 199 Å². The second-order valence-corrected chi connectivity index (χ2v) is 8.08. The highest BCUT2D eigenvalue weighted by Gasteiger charge is 2.15. The van der Waals surface area contributed by atoms with E-state index in [0.29, 0.717) is 44.7 Å². The Morgan fingerprint density at radius 1 is 1.09 bits per heavy atom. The number of hydrogen-bond donors (Lipinski definition) is 4. The molecule has 0 bridgehead atoms. The van der Waals surface area contributed by atoms with Crippen LogP contribution in [0.25, 0.3) is 10.9 Å². The molecule has 0 aliphatic rings. The number of amides is 1. The number of rotatable bonds is 6. The van der Waals surface area contributed by atoms with Crippen molar-refractivity contribution in [1.82, 2.24) is 25.0 Å². The minimum Gasteiger partial charge on any atom is -0.494 e. The number of nitrogens with one attached hydrogen (secondary N) is 3. The number of ketones is 1. The molecule has 3 aromatic heterocycles. The van der Waals surface area contributed by atoms with Crippen LogP contribution in [-0.4, -0.2) is 48.0 Å². The molecule has 0 radical (unpaired) electrons. The molecule has 5 rings (SSSR count). The zero-order valence-corrected chi connectivity index (χ0v) is 18.9. The Balaban J connectivity index is 1.37. The summed E-state index contributed by atoms with van der Waals surface area (Å²) in [4.78, 5) is 32.6. The average molecular weight is 467 g/mol. The minimum absolute atomic E-state index is 0.0469. The molecule has 0 spiro atoms. The highest BCUT2D eigenvalue weighted by atomic mass is 16.3. The van der Waals surface area contributed by atoms with E-state index in [-0.39, 0.29) is 17.6 Å². The summed E-state index contributed by atoms with van der Waals surface area (Å²) in [6.45, 7) is 1.87. The van der Waals surface area contributed by atoms with Crippen molar-refractivity contribution in [3.05, 3.63) is 88.9 Å². The number of fused-ring (bicyclic) bond motifs is 1. The normalized spacial score (nSPS) is 11.4. The highest BCUT2D eigenvalue weighted by Crippen LogP contribution is 2.28. The van der Waals surface area contributed by atoms with Crippen LogP contribution in [0.1, 0.15) is 37.5 Å². The fraction of sp³-hybridized carbons (Fsp3) is 0.0800. The quantitative estimate of drug-likeness (QED) is 0.222. The molecule has 4 N–H and O–H groups in total. The molecule has 0 atom stereocenters. The summed E-state index contributed by atoms with van der Waals surface area (Å²) in [5.74, 6) is -0.0360. The first kappa shape index (κ1) is 21.8. The predicted octanol–water partition coefficient (Wildman–Crippen LogP) is 3.87. The van der Waals surface area contributed by atoms with Gasteiger partial charge in [-0.2, -0.15) is 10.2 Å². The van der Waals surface area contributed by atoms with Crippen molar-refractivity contribution in [3.63, 3.8) is 0 Å². The van der Waals surface area contributed by atoms with Gasteiger partial charge in [-0.05, 0) is 49.4 Å². The van der Waals surface area contributed by atoms with Crippen molar-refractivity contribution in [3.8, 4) is 5.88 Å². The fourth-order valence-corrected chi connectivity index (χ4v) is 3.68. The van der Waals surface area contributed by atoms with Gasteiger partial charge >= 0.3 is 0 Å². The lowest BCUT2D eigenvalue weighted by Crippen LogP contribution is -2.11. The first-order valence-corrected chi connectivity index (χ1v) is 10.7. The van der Waals surface area contributed by atoms with Crippen molar-refractivity contribution in [1.29, 1.82) is 0 Å². The van der Waals surface area contributed by atoms with Gasteiger partial charge in [0.25, 0.3) is 5.91 Å². The van der Waals surface area contributed by atoms with E-state index in [1.807, 2.05) is 6.92 Å². The Morgan fingerprint density at radius 2 is 1.86 bits per heavy atom.